The molecule has 2 aromatic rings. The summed E-state index contributed by atoms with van der Waals surface area (Å²) in [6.07, 6.45) is 1.46. The monoisotopic (exact) mass is 304 g/mol. The van der Waals surface area contributed by atoms with Gasteiger partial charge in [0.2, 0.25) is 5.91 Å². The number of nitrogens with one attached hydrogen (secondary N) is 1. The lowest BCUT2D eigenvalue weighted by molar-refractivity contribution is -0.133. The summed E-state index contributed by atoms with van der Waals surface area (Å²) < 4.78 is 7.66. The van der Waals surface area contributed by atoms with Crippen LogP contribution in [-0.4, -0.2) is 45.3 Å². The minimum absolute atomic E-state index is 0.180. The van der Waals surface area contributed by atoms with E-state index in [1.807, 2.05) is 11.8 Å². The second-order valence-corrected chi connectivity index (χ2v) is 5.95. The van der Waals surface area contributed by atoms with E-state index in [9.17, 15) is 4.79 Å². The molecule has 1 N–H and O–H groups in total. The summed E-state index contributed by atoms with van der Waals surface area (Å²) >= 11 is 0. The van der Waals surface area contributed by atoms with Crippen LogP contribution < -0.4 is 0 Å². The average molecular weight is 304 g/mol. The van der Waals surface area contributed by atoms with Gasteiger partial charge in [-0.3, -0.25) is 9.89 Å². The lowest BCUT2D eigenvalue weighted by Gasteiger charge is -2.29. The molecule has 0 unspecified atom stereocenters. The third-order valence-corrected chi connectivity index (χ3v) is 4.41. The van der Waals surface area contributed by atoms with Crippen LogP contribution in [0, 0.1) is 13.8 Å². The Morgan fingerprint density at radius 1 is 1.32 bits per heavy atom. The molecule has 1 amide bonds. The van der Waals surface area contributed by atoms with Crippen molar-refractivity contribution in [2.45, 2.75) is 46.7 Å². The van der Waals surface area contributed by atoms with Crippen LogP contribution in [-0.2, 0) is 22.6 Å². The summed E-state index contributed by atoms with van der Waals surface area (Å²) in [7, 11) is 0. The van der Waals surface area contributed by atoms with Gasteiger partial charge in [-0.15, -0.1) is 0 Å². The number of ether oxygens (including phenoxy) is 1. The molecule has 0 atom stereocenters. The summed E-state index contributed by atoms with van der Waals surface area (Å²) in [5.74, 6) is 0.180. The molecule has 120 valence electrons. The second-order valence-electron chi connectivity index (χ2n) is 5.95. The fourth-order valence-electron chi connectivity index (χ4n) is 3.24. The molecule has 0 bridgehead atoms. The van der Waals surface area contributed by atoms with Crippen LogP contribution in [0.1, 0.15) is 36.7 Å². The molecule has 3 rings (SSSR count). The van der Waals surface area contributed by atoms with E-state index in [-0.39, 0.29) is 5.91 Å². The average Bonchev–Trinajstić information content (AvgIpc) is 3.03. The highest BCUT2D eigenvalue weighted by atomic mass is 16.5. The summed E-state index contributed by atoms with van der Waals surface area (Å²) in [4.78, 5) is 14.3. The standard InChI is InChI=1S/C16H24N4O2/c1-4-8-22-9-5-14(21)19-6-7-20-13(10-19)11(2)15-12(3)17-18-16(15)20/h4-10H2,1-3H3,(H,17,18). The highest BCUT2D eigenvalue weighted by molar-refractivity contribution is 5.85. The number of hydrogen-bond acceptors (Lipinski definition) is 3. The number of aromatic nitrogens is 3. The van der Waals surface area contributed by atoms with Gasteiger partial charge in [0.05, 0.1) is 19.6 Å². The minimum atomic E-state index is 0.180. The van der Waals surface area contributed by atoms with Crippen LogP contribution in [0.15, 0.2) is 0 Å². The first kappa shape index (κ1) is 15.1. The number of fused-ring (bicyclic) bond motifs is 3. The van der Waals surface area contributed by atoms with E-state index >= 15 is 0 Å². The summed E-state index contributed by atoms with van der Waals surface area (Å²) in [5, 5.41) is 8.66. The molecule has 0 fully saturated rings. The number of hydrogen-bond donors (Lipinski definition) is 1. The summed E-state index contributed by atoms with van der Waals surface area (Å²) in [6.45, 7) is 9.71. The fourth-order valence-corrected chi connectivity index (χ4v) is 3.24. The van der Waals surface area contributed by atoms with Crippen molar-refractivity contribution in [3.63, 3.8) is 0 Å². The van der Waals surface area contributed by atoms with Gasteiger partial charge in [0.1, 0.15) is 0 Å². The van der Waals surface area contributed by atoms with Gasteiger partial charge in [-0.1, -0.05) is 6.92 Å². The fraction of sp³-hybridized carbons (Fsp3) is 0.625. The Hall–Kier alpha value is -1.82. The molecule has 6 nitrogen and oxygen atoms in total. The molecule has 1 aliphatic rings. The smallest absolute Gasteiger partial charge is 0.225 e. The first-order valence-corrected chi connectivity index (χ1v) is 8.01. The van der Waals surface area contributed by atoms with Crippen molar-refractivity contribution in [1.82, 2.24) is 19.7 Å². The Kier molecular flexibility index (Phi) is 4.20. The number of nitrogens with zero attached hydrogens (tertiary/aromatic N) is 3. The molecule has 0 spiro atoms. The zero-order chi connectivity index (χ0) is 15.7. The van der Waals surface area contributed by atoms with E-state index < -0.39 is 0 Å². The van der Waals surface area contributed by atoms with E-state index in [0.717, 1.165) is 37.5 Å². The molecular formula is C16H24N4O2. The third kappa shape index (κ3) is 2.52. The highest BCUT2D eigenvalue weighted by Gasteiger charge is 2.26. The quantitative estimate of drug-likeness (QED) is 0.861. The Bertz CT molecular complexity index is 686. The number of aromatic amines is 1. The molecule has 3 heterocycles. The van der Waals surface area contributed by atoms with Gasteiger partial charge >= 0.3 is 0 Å². The molecule has 6 heteroatoms. The van der Waals surface area contributed by atoms with Crippen molar-refractivity contribution in [2.75, 3.05) is 19.8 Å². The lowest BCUT2D eigenvalue weighted by Crippen LogP contribution is -2.38. The van der Waals surface area contributed by atoms with Gasteiger partial charge in [-0.25, -0.2) is 0 Å². The van der Waals surface area contributed by atoms with Crippen LogP contribution in [0.5, 0.6) is 0 Å². The first-order valence-electron chi connectivity index (χ1n) is 8.01. The van der Waals surface area contributed by atoms with Gasteiger partial charge < -0.3 is 14.2 Å². The Balaban J connectivity index is 1.72. The number of carbonyl (C=O) groups excluding carboxylic acids is 1. The normalized spacial score (nSPS) is 14.6. The number of H-pyrrole nitrogens is 1. The Morgan fingerprint density at radius 2 is 2.14 bits per heavy atom. The van der Waals surface area contributed by atoms with Crippen molar-refractivity contribution in [2.24, 2.45) is 0 Å². The molecule has 1 aliphatic heterocycles. The molecular weight excluding hydrogens is 280 g/mol. The van der Waals surface area contributed by atoms with Gasteiger partial charge in [0.15, 0.2) is 5.65 Å². The van der Waals surface area contributed by atoms with Crippen molar-refractivity contribution >= 4 is 16.9 Å². The predicted octanol–water partition coefficient (Wildman–Crippen LogP) is 2.14. The van der Waals surface area contributed by atoms with Crippen molar-refractivity contribution in [3.8, 4) is 0 Å². The number of carbonyl (C=O) groups is 1. The van der Waals surface area contributed by atoms with E-state index in [0.29, 0.717) is 19.6 Å². The van der Waals surface area contributed by atoms with Crippen molar-refractivity contribution in [1.29, 1.82) is 0 Å². The first-order chi connectivity index (χ1) is 10.6. The minimum Gasteiger partial charge on any atom is -0.381 e. The predicted molar refractivity (Wildman–Crippen MR) is 84.7 cm³/mol. The van der Waals surface area contributed by atoms with E-state index in [4.69, 9.17) is 4.74 Å². The number of amides is 1. The molecule has 0 saturated carbocycles. The van der Waals surface area contributed by atoms with Crippen LogP contribution in [0.4, 0.5) is 0 Å². The van der Waals surface area contributed by atoms with Crippen LogP contribution in [0.2, 0.25) is 0 Å². The van der Waals surface area contributed by atoms with Crippen LogP contribution in [0.25, 0.3) is 11.0 Å². The van der Waals surface area contributed by atoms with E-state index in [1.54, 1.807) is 0 Å². The van der Waals surface area contributed by atoms with Gasteiger partial charge in [0, 0.05) is 36.5 Å². The van der Waals surface area contributed by atoms with Gasteiger partial charge in [0.25, 0.3) is 0 Å². The number of rotatable bonds is 5. The zero-order valence-corrected chi connectivity index (χ0v) is 13.6. The number of aryl methyl sites for hydroxylation is 2. The third-order valence-electron chi connectivity index (χ3n) is 4.41. The maximum Gasteiger partial charge on any atom is 0.225 e. The summed E-state index contributed by atoms with van der Waals surface area (Å²) in [6, 6.07) is 0. The zero-order valence-electron chi connectivity index (χ0n) is 13.6. The molecule has 0 aliphatic carbocycles. The van der Waals surface area contributed by atoms with Gasteiger partial charge in [-0.2, -0.15) is 5.10 Å². The Labute approximate surface area is 130 Å². The largest absolute Gasteiger partial charge is 0.381 e. The van der Waals surface area contributed by atoms with Crippen molar-refractivity contribution in [3.05, 3.63) is 17.0 Å². The topological polar surface area (TPSA) is 63.1 Å². The highest BCUT2D eigenvalue weighted by Crippen LogP contribution is 2.29. The van der Waals surface area contributed by atoms with Crippen LogP contribution in [0.3, 0.4) is 0 Å². The SMILES string of the molecule is CCCOCCC(=O)N1CCn2c(c(C)c3c(C)[nH]nc32)C1. The maximum atomic E-state index is 12.3. The van der Waals surface area contributed by atoms with E-state index in [2.05, 4.69) is 28.6 Å². The van der Waals surface area contributed by atoms with Crippen molar-refractivity contribution < 1.29 is 9.53 Å². The van der Waals surface area contributed by atoms with Gasteiger partial charge in [-0.05, 0) is 25.8 Å². The molecule has 0 saturated heterocycles. The molecule has 22 heavy (non-hydrogen) atoms. The maximum absolute atomic E-state index is 12.3. The van der Waals surface area contributed by atoms with Crippen LogP contribution >= 0.6 is 0 Å². The van der Waals surface area contributed by atoms with E-state index in [1.165, 1.54) is 16.6 Å². The second kappa shape index (κ2) is 6.12. The molecule has 0 radical (unpaired) electrons. The lowest BCUT2D eigenvalue weighted by atomic mass is 10.1. The molecule has 0 aromatic carbocycles. The summed E-state index contributed by atoms with van der Waals surface area (Å²) in [5.41, 5.74) is 4.56. The molecule has 2 aromatic heterocycles. The Morgan fingerprint density at radius 3 is 2.91 bits per heavy atom.